The Kier molecular flexibility index (Phi) is 3.64. The van der Waals surface area contributed by atoms with Crippen molar-refractivity contribution in [1.29, 1.82) is 0 Å². The van der Waals surface area contributed by atoms with Crippen LogP contribution in [0.1, 0.15) is 18.9 Å². The summed E-state index contributed by atoms with van der Waals surface area (Å²) in [6.45, 7) is 4.68. The molecule has 0 saturated heterocycles. The molecule has 14 heavy (non-hydrogen) atoms. The van der Waals surface area contributed by atoms with E-state index >= 15 is 0 Å². The van der Waals surface area contributed by atoms with Gasteiger partial charge in [-0.15, -0.1) is 0 Å². The molecule has 0 fully saturated rings. The third kappa shape index (κ3) is 2.56. The van der Waals surface area contributed by atoms with Gasteiger partial charge in [-0.1, -0.05) is 6.92 Å². The Balaban J connectivity index is 2.77. The van der Waals surface area contributed by atoms with Gasteiger partial charge in [-0.25, -0.2) is 4.79 Å². The Morgan fingerprint density at radius 2 is 2.36 bits per heavy atom. The first-order valence-electron chi connectivity index (χ1n) is 4.56. The molecule has 1 aromatic rings. The first kappa shape index (κ1) is 10.7. The van der Waals surface area contributed by atoms with E-state index in [1.807, 2.05) is 6.92 Å². The van der Waals surface area contributed by atoms with Crippen molar-refractivity contribution in [1.82, 2.24) is 9.55 Å². The highest BCUT2D eigenvalue weighted by molar-refractivity contribution is 5.34. The number of hydrogen-bond donors (Lipinski definition) is 1. The zero-order chi connectivity index (χ0) is 10.6. The third-order valence-electron chi connectivity index (χ3n) is 1.79. The van der Waals surface area contributed by atoms with Crippen LogP contribution in [0.3, 0.4) is 0 Å². The van der Waals surface area contributed by atoms with E-state index in [4.69, 9.17) is 10.5 Å². The third-order valence-corrected chi connectivity index (χ3v) is 1.79. The minimum Gasteiger partial charge on any atom is -0.383 e. The Morgan fingerprint density at radius 1 is 1.64 bits per heavy atom. The number of rotatable bonds is 4. The largest absolute Gasteiger partial charge is 0.383 e. The maximum absolute atomic E-state index is 11.3. The SMILES string of the molecule is CCCOCn1cc(C)c(N)nc1=O. The van der Waals surface area contributed by atoms with Crippen molar-refractivity contribution in [3.8, 4) is 0 Å². The average molecular weight is 197 g/mol. The zero-order valence-electron chi connectivity index (χ0n) is 8.49. The lowest BCUT2D eigenvalue weighted by atomic mass is 10.3. The molecule has 1 aromatic heterocycles. The summed E-state index contributed by atoms with van der Waals surface area (Å²) in [7, 11) is 0. The van der Waals surface area contributed by atoms with Gasteiger partial charge in [0.1, 0.15) is 12.5 Å². The van der Waals surface area contributed by atoms with Crippen molar-refractivity contribution < 1.29 is 4.74 Å². The summed E-state index contributed by atoms with van der Waals surface area (Å²) >= 11 is 0. The van der Waals surface area contributed by atoms with Gasteiger partial charge in [0.25, 0.3) is 0 Å². The molecule has 0 unspecified atom stereocenters. The Morgan fingerprint density at radius 3 is 3.00 bits per heavy atom. The number of aryl methyl sites for hydroxylation is 1. The number of nitrogens with two attached hydrogens (primary N) is 1. The van der Waals surface area contributed by atoms with E-state index in [1.165, 1.54) is 4.57 Å². The van der Waals surface area contributed by atoms with Gasteiger partial charge < -0.3 is 10.5 Å². The molecule has 0 aliphatic carbocycles. The first-order chi connectivity index (χ1) is 6.65. The van der Waals surface area contributed by atoms with Crippen LogP contribution >= 0.6 is 0 Å². The van der Waals surface area contributed by atoms with Gasteiger partial charge in [0.15, 0.2) is 0 Å². The van der Waals surface area contributed by atoms with E-state index in [-0.39, 0.29) is 18.2 Å². The van der Waals surface area contributed by atoms with Crippen molar-refractivity contribution in [3.63, 3.8) is 0 Å². The Hall–Kier alpha value is -1.36. The molecule has 0 aliphatic rings. The summed E-state index contributed by atoms with van der Waals surface area (Å²) in [6, 6.07) is 0. The molecule has 5 nitrogen and oxygen atoms in total. The second-order valence-corrected chi connectivity index (χ2v) is 3.10. The van der Waals surface area contributed by atoms with Crippen LogP contribution in [0, 0.1) is 6.92 Å². The van der Waals surface area contributed by atoms with Crippen LogP contribution in [0.2, 0.25) is 0 Å². The van der Waals surface area contributed by atoms with Crippen LogP contribution in [0.15, 0.2) is 11.0 Å². The molecule has 5 heteroatoms. The van der Waals surface area contributed by atoms with Gasteiger partial charge in [0, 0.05) is 18.4 Å². The lowest BCUT2D eigenvalue weighted by molar-refractivity contribution is 0.0742. The molecule has 0 amide bonds. The predicted molar refractivity (Wildman–Crippen MR) is 53.9 cm³/mol. The minimum absolute atomic E-state index is 0.237. The molecule has 1 rings (SSSR count). The van der Waals surface area contributed by atoms with Crippen molar-refractivity contribution in [2.24, 2.45) is 0 Å². The van der Waals surface area contributed by atoms with Gasteiger partial charge in [-0.2, -0.15) is 4.98 Å². The fraction of sp³-hybridized carbons (Fsp3) is 0.556. The van der Waals surface area contributed by atoms with Crippen LogP contribution in [0.25, 0.3) is 0 Å². The van der Waals surface area contributed by atoms with Crippen LogP contribution in [-0.2, 0) is 11.5 Å². The molecule has 2 N–H and O–H groups in total. The number of nitrogens with zero attached hydrogens (tertiary/aromatic N) is 2. The van der Waals surface area contributed by atoms with Crippen molar-refractivity contribution in [2.75, 3.05) is 12.3 Å². The molecule has 0 aliphatic heterocycles. The van der Waals surface area contributed by atoms with Crippen molar-refractivity contribution in [3.05, 3.63) is 22.2 Å². The average Bonchev–Trinajstić information content (AvgIpc) is 2.14. The summed E-state index contributed by atoms with van der Waals surface area (Å²) in [5.41, 5.74) is 5.89. The molecule has 1 heterocycles. The second-order valence-electron chi connectivity index (χ2n) is 3.10. The van der Waals surface area contributed by atoms with E-state index in [0.29, 0.717) is 6.61 Å². The summed E-state index contributed by atoms with van der Waals surface area (Å²) < 4.78 is 6.63. The van der Waals surface area contributed by atoms with E-state index in [0.717, 1.165) is 12.0 Å². The van der Waals surface area contributed by atoms with E-state index in [2.05, 4.69) is 4.98 Å². The first-order valence-corrected chi connectivity index (χ1v) is 4.56. The van der Waals surface area contributed by atoms with Gasteiger partial charge >= 0.3 is 5.69 Å². The zero-order valence-corrected chi connectivity index (χ0v) is 8.49. The topological polar surface area (TPSA) is 70.1 Å². The maximum atomic E-state index is 11.3. The minimum atomic E-state index is -0.371. The Bertz CT molecular complexity index is 360. The van der Waals surface area contributed by atoms with Crippen LogP contribution in [-0.4, -0.2) is 16.2 Å². The normalized spacial score (nSPS) is 10.4. The number of ether oxygens (including phenoxy) is 1. The fourth-order valence-electron chi connectivity index (χ4n) is 1.01. The van der Waals surface area contributed by atoms with Crippen LogP contribution < -0.4 is 11.4 Å². The summed E-state index contributed by atoms with van der Waals surface area (Å²) in [5.74, 6) is 0.279. The van der Waals surface area contributed by atoms with E-state index in [1.54, 1.807) is 13.1 Å². The number of anilines is 1. The van der Waals surface area contributed by atoms with Gasteiger partial charge in [0.2, 0.25) is 0 Å². The lowest BCUT2D eigenvalue weighted by Crippen LogP contribution is -2.25. The van der Waals surface area contributed by atoms with Crippen molar-refractivity contribution in [2.45, 2.75) is 27.0 Å². The Labute approximate surface area is 82.5 Å². The number of aromatic nitrogens is 2. The fourth-order valence-corrected chi connectivity index (χ4v) is 1.01. The molecule has 0 radical (unpaired) electrons. The van der Waals surface area contributed by atoms with Crippen molar-refractivity contribution >= 4 is 5.82 Å². The van der Waals surface area contributed by atoms with E-state index < -0.39 is 0 Å². The monoisotopic (exact) mass is 197 g/mol. The lowest BCUT2D eigenvalue weighted by Gasteiger charge is -2.07. The molecule has 78 valence electrons. The van der Waals surface area contributed by atoms with Gasteiger partial charge in [-0.3, -0.25) is 4.57 Å². The summed E-state index contributed by atoms with van der Waals surface area (Å²) in [4.78, 5) is 14.9. The van der Waals surface area contributed by atoms with Gasteiger partial charge in [0.05, 0.1) is 0 Å². The standard InChI is InChI=1S/C9H15N3O2/c1-3-4-14-6-12-5-7(2)8(10)11-9(12)13/h5H,3-4,6H2,1-2H3,(H2,10,11,13). The number of hydrogen-bond acceptors (Lipinski definition) is 4. The molecule has 0 bridgehead atoms. The molecular formula is C9H15N3O2. The molecule has 0 aromatic carbocycles. The molecule has 0 atom stereocenters. The van der Waals surface area contributed by atoms with Gasteiger partial charge in [-0.05, 0) is 13.3 Å². The number of nitrogen functional groups attached to an aromatic ring is 1. The molecule has 0 saturated carbocycles. The summed E-state index contributed by atoms with van der Waals surface area (Å²) in [6.07, 6.45) is 2.58. The molecular weight excluding hydrogens is 182 g/mol. The predicted octanol–water partition coefficient (Wildman–Crippen LogP) is 0.518. The van der Waals surface area contributed by atoms with Crippen LogP contribution in [0.4, 0.5) is 5.82 Å². The summed E-state index contributed by atoms with van der Waals surface area (Å²) in [5, 5.41) is 0. The highest BCUT2D eigenvalue weighted by Crippen LogP contribution is 2.01. The maximum Gasteiger partial charge on any atom is 0.351 e. The van der Waals surface area contributed by atoms with E-state index in [9.17, 15) is 4.79 Å². The molecule has 0 spiro atoms. The highest BCUT2D eigenvalue weighted by atomic mass is 16.5. The van der Waals surface area contributed by atoms with Crippen LogP contribution in [0.5, 0.6) is 0 Å². The smallest absolute Gasteiger partial charge is 0.351 e. The quantitative estimate of drug-likeness (QED) is 0.714. The second kappa shape index (κ2) is 4.76. The highest BCUT2D eigenvalue weighted by Gasteiger charge is 2.01.